The molecular weight excluding hydrogens is 622 g/mol. The highest BCUT2D eigenvalue weighted by molar-refractivity contribution is 7.80. The highest BCUT2D eigenvalue weighted by atomic mass is 35.5. The lowest BCUT2D eigenvalue weighted by Crippen LogP contribution is -2.24. The van der Waals surface area contributed by atoms with E-state index in [1.807, 2.05) is 20.8 Å². The number of rotatable bonds is 15. The molecule has 3 aromatic rings. The topological polar surface area (TPSA) is 62.6 Å². The van der Waals surface area contributed by atoms with Crippen molar-refractivity contribution in [3.63, 3.8) is 0 Å². The van der Waals surface area contributed by atoms with E-state index in [1.54, 1.807) is 10.8 Å². The van der Waals surface area contributed by atoms with E-state index in [4.69, 9.17) is 38.0 Å². The van der Waals surface area contributed by atoms with Crippen LogP contribution in [-0.2, 0) is 27.4 Å². The Balaban J connectivity index is 1.36. The van der Waals surface area contributed by atoms with Crippen molar-refractivity contribution < 1.29 is 27.8 Å². The van der Waals surface area contributed by atoms with Gasteiger partial charge in [-0.25, -0.2) is 13.8 Å². The number of hydrogen-bond acceptors (Lipinski definition) is 6. The second-order valence-corrected chi connectivity index (χ2v) is 20.7. The highest BCUT2D eigenvalue weighted by Gasteiger charge is 2.42. The highest BCUT2D eigenvalue weighted by Crippen LogP contribution is 2.53. The zero-order valence-electron chi connectivity index (χ0n) is 26.5. The third-order valence-electron chi connectivity index (χ3n) is 7.74. The molecule has 1 fully saturated rings. The fraction of sp³-hybridized carbons (Fsp3) is 0.545. The molecule has 1 saturated carbocycles. The number of pyridine rings is 1. The van der Waals surface area contributed by atoms with E-state index < -0.39 is 31.1 Å². The van der Waals surface area contributed by atoms with E-state index in [0.29, 0.717) is 41.1 Å². The molecule has 4 rings (SSSR count). The lowest BCUT2D eigenvalue weighted by atomic mass is 9.92. The van der Waals surface area contributed by atoms with E-state index in [2.05, 4.69) is 24.6 Å². The van der Waals surface area contributed by atoms with Crippen molar-refractivity contribution in [3.05, 3.63) is 52.8 Å². The van der Waals surface area contributed by atoms with Gasteiger partial charge in [0.15, 0.2) is 17.4 Å². The smallest absolute Gasteiger partial charge is 0.306 e. The minimum Gasteiger partial charge on any atom is -0.460 e. The van der Waals surface area contributed by atoms with Crippen molar-refractivity contribution in [2.75, 3.05) is 6.61 Å². The number of thiocarbonyl (C=S) groups is 1. The number of benzene rings is 1. The Hall–Kier alpha value is -2.40. The summed E-state index contributed by atoms with van der Waals surface area (Å²) < 4.78 is 49.2. The standard InChI is InChI=1S/C33H43ClF2N2O4SSi/c1-32(2,3)42-28(39)8-11-33(12-13-33)10-7-23(43)17-22-18-25(35)30(26(36)19-22)41-27-9-14-37-31-29(27)24(34)20-38(31)21-40-15-16-44(4,5)6/h9,14,18-20H,7-8,10-13,15-17,21H2,1-6H3. The number of nitrogens with zero attached hydrogens (tertiary/aromatic N) is 2. The van der Waals surface area contributed by atoms with Crippen LogP contribution < -0.4 is 4.74 Å². The van der Waals surface area contributed by atoms with Gasteiger partial charge in [0.05, 0.1) is 10.4 Å². The minimum atomic E-state index is -1.23. The maximum Gasteiger partial charge on any atom is 0.306 e. The number of hydrogen-bond donors (Lipinski definition) is 0. The van der Waals surface area contributed by atoms with Gasteiger partial charge in [-0.2, -0.15) is 0 Å². The number of carbonyl (C=O) groups is 1. The number of ether oxygens (including phenoxy) is 3. The molecule has 0 atom stereocenters. The molecule has 0 saturated heterocycles. The second-order valence-electron chi connectivity index (χ2n) is 14.1. The predicted octanol–water partition coefficient (Wildman–Crippen LogP) is 9.67. The first kappa shape index (κ1) is 34.5. The third kappa shape index (κ3) is 9.80. The summed E-state index contributed by atoms with van der Waals surface area (Å²) in [5.41, 5.74) is 0.551. The van der Waals surface area contributed by atoms with Crippen molar-refractivity contribution in [1.29, 1.82) is 0 Å². The molecule has 6 nitrogen and oxygen atoms in total. The van der Waals surface area contributed by atoms with Crippen LogP contribution in [0.2, 0.25) is 30.7 Å². The molecule has 0 amide bonds. The number of halogens is 3. The summed E-state index contributed by atoms with van der Waals surface area (Å²) >= 11 is 12.1. The Morgan fingerprint density at radius 3 is 2.41 bits per heavy atom. The molecule has 0 radical (unpaired) electrons. The molecule has 0 unspecified atom stereocenters. The molecule has 2 aromatic heterocycles. The van der Waals surface area contributed by atoms with Crippen LogP contribution in [0, 0.1) is 17.0 Å². The first-order valence-electron chi connectivity index (χ1n) is 15.1. The number of esters is 1. The van der Waals surface area contributed by atoms with Crippen LogP contribution in [0.25, 0.3) is 11.0 Å². The zero-order chi connectivity index (χ0) is 32.3. The van der Waals surface area contributed by atoms with E-state index in [1.165, 1.54) is 24.4 Å². The Bertz CT molecular complexity index is 1490. The molecule has 1 aliphatic rings. The quantitative estimate of drug-likeness (QED) is 0.0698. The van der Waals surface area contributed by atoms with E-state index in [-0.39, 0.29) is 30.3 Å². The average molecular weight is 665 g/mol. The lowest BCUT2D eigenvalue weighted by Gasteiger charge is -2.21. The van der Waals surface area contributed by atoms with Crippen molar-refractivity contribution in [1.82, 2.24) is 9.55 Å². The predicted molar refractivity (Wildman–Crippen MR) is 178 cm³/mol. The first-order chi connectivity index (χ1) is 20.5. The van der Waals surface area contributed by atoms with Crippen LogP contribution in [0.1, 0.15) is 64.9 Å². The van der Waals surface area contributed by atoms with Gasteiger partial charge in [-0.05, 0) is 93.0 Å². The fourth-order valence-electron chi connectivity index (χ4n) is 5.07. The van der Waals surface area contributed by atoms with Gasteiger partial charge in [-0.3, -0.25) is 4.79 Å². The van der Waals surface area contributed by atoms with Crippen LogP contribution in [0.4, 0.5) is 8.78 Å². The summed E-state index contributed by atoms with van der Waals surface area (Å²) in [5.74, 6) is -2.15. The van der Waals surface area contributed by atoms with Gasteiger partial charge >= 0.3 is 5.97 Å². The monoisotopic (exact) mass is 664 g/mol. The minimum absolute atomic E-state index is 0.103. The summed E-state index contributed by atoms with van der Waals surface area (Å²) in [5, 5.41) is 0.798. The summed E-state index contributed by atoms with van der Waals surface area (Å²) in [6.45, 7) is 13.3. The van der Waals surface area contributed by atoms with Crippen molar-refractivity contribution in [3.8, 4) is 11.5 Å². The van der Waals surface area contributed by atoms with Gasteiger partial charge in [0.2, 0.25) is 0 Å². The molecule has 1 aromatic carbocycles. The third-order valence-corrected chi connectivity index (χ3v) is 10.1. The number of aromatic nitrogens is 2. The zero-order valence-corrected chi connectivity index (χ0v) is 29.1. The molecule has 0 N–H and O–H groups in total. The Morgan fingerprint density at radius 2 is 1.80 bits per heavy atom. The molecule has 240 valence electrons. The fourth-order valence-corrected chi connectivity index (χ4v) is 6.39. The molecule has 1 aliphatic carbocycles. The largest absolute Gasteiger partial charge is 0.460 e. The van der Waals surface area contributed by atoms with E-state index in [0.717, 1.165) is 36.6 Å². The summed E-state index contributed by atoms with van der Waals surface area (Å²) in [7, 11) is -1.23. The van der Waals surface area contributed by atoms with E-state index in [9.17, 15) is 4.79 Å². The van der Waals surface area contributed by atoms with Gasteiger partial charge in [0.25, 0.3) is 0 Å². The van der Waals surface area contributed by atoms with Crippen molar-refractivity contribution in [2.45, 2.75) is 104 Å². The summed E-state index contributed by atoms with van der Waals surface area (Å²) in [6, 6.07) is 5.08. The molecule has 0 bridgehead atoms. The average Bonchev–Trinajstić information content (AvgIpc) is 3.61. The van der Waals surface area contributed by atoms with Gasteiger partial charge in [-0.15, -0.1) is 0 Å². The van der Waals surface area contributed by atoms with Crippen LogP contribution in [0.3, 0.4) is 0 Å². The van der Waals surface area contributed by atoms with Gasteiger partial charge < -0.3 is 18.8 Å². The Morgan fingerprint density at radius 1 is 1.14 bits per heavy atom. The van der Waals surface area contributed by atoms with Gasteiger partial charge in [-0.1, -0.05) is 43.5 Å². The van der Waals surface area contributed by atoms with Crippen LogP contribution in [0.15, 0.2) is 30.6 Å². The SMILES string of the molecule is CC(C)(C)OC(=O)CCC1(CCC(=S)Cc2cc(F)c(Oc3ccnc4c3c(Cl)cn4COCC[Si](C)(C)C)c(F)c2)CC1. The molecular formula is C33H43ClF2N2O4SSi. The normalized spacial score (nSPS) is 14.6. The Kier molecular flexibility index (Phi) is 10.9. The Labute approximate surface area is 270 Å². The molecule has 0 aliphatic heterocycles. The molecule has 0 spiro atoms. The van der Waals surface area contributed by atoms with Crippen molar-refractivity contribution >= 4 is 53.8 Å². The number of carbonyl (C=O) groups excluding carboxylic acids is 1. The van der Waals surface area contributed by atoms with Crippen LogP contribution in [-0.4, -0.2) is 40.7 Å². The molecule has 11 heteroatoms. The van der Waals surface area contributed by atoms with Crippen molar-refractivity contribution in [2.24, 2.45) is 5.41 Å². The maximum absolute atomic E-state index is 15.2. The molecule has 44 heavy (non-hydrogen) atoms. The summed E-state index contributed by atoms with van der Waals surface area (Å²) in [4.78, 5) is 17.3. The van der Waals surface area contributed by atoms with Crippen LogP contribution >= 0.6 is 23.8 Å². The first-order valence-corrected chi connectivity index (χ1v) is 19.6. The number of fused-ring (bicyclic) bond motifs is 1. The van der Waals surface area contributed by atoms with Crippen LogP contribution in [0.5, 0.6) is 11.5 Å². The van der Waals surface area contributed by atoms with E-state index >= 15 is 8.78 Å². The van der Waals surface area contributed by atoms with Gasteiger partial charge in [0, 0.05) is 39.9 Å². The van der Waals surface area contributed by atoms with Gasteiger partial charge in [0.1, 0.15) is 23.7 Å². The second kappa shape index (κ2) is 13.9. The summed E-state index contributed by atoms with van der Waals surface area (Å²) in [6.07, 6.45) is 8.22. The maximum atomic E-state index is 15.2. The lowest BCUT2D eigenvalue weighted by molar-refractivity contribution is -0.155. The molecule has 2 heterocycles.